The minimum absolute atomic E-state index is 0.0394. The van der Waals surface area contributed by atoms with Crippen molar-refractivity contribution in [2.24, 2.45) is 0 Å². The molecule has 0 atom stereocenters. The average molecular weight is 570 g/mol. The van der Waals surface area contributed by atoms with Crippen LogP contribution in [0.5, 0.6) is 5.75 Å². The molecule has 6 nitrogen and oxygen atoms in total. The van der Waals surface area contributed by atoms with Gasteiger partial charge >= 0.3 is 5.97 Å². The standard InChI is InChI=1S/C25H18Br2N2O4/c1-15-3-2-4-20(9-15)29-24(30)19(13-28)10-17-11-21(26)23(22(27)12-17)33-14-16-5-7-18(8-6-16)25(31)32/h2-12H,14H2,1H3,(H,29,30)(H,31,32)/b19-10-. The van der Waals surface area contributed by atoms with Crippen LogP contribution < -0.4 is 10.1 Å². The Kier molecular flexibility index (Phi) is 8.04. The minimum Gasteiger partial charge on any atom is -0.487 e. The van der Waals surface area contributed by atoms with E-state index in [1.54, 1.807) is 30.3 Å². The van der Waals surface area contributed by atoms with E-state index in [2.05, 4.69) is 37.2 Å². The Bertz CT molecular complexity index is 1260. The van der Waals surface area contributed by atoms with Gasteiger partial charge in [-0.05, 0) is 97.9 Å². The summed E-state index contributed by atoms with van der Waals surface area (Å²) in [7, 11) is 0. The van der Waals surface area contributed by atoms with Crippen molar-refractivity contribution < 1.29 is 19.4 Å². The molecule has 0 unspecified atom stereocenters. The van der Waals surface area contributed by atoms with Gasteiger partial charge in [-0.3, -0.25) is 4.79 Å². The van der Waals surface area contributed by atoms with Gasteiger partial charge in [0.15, 0.2) is 0 Å². The third-order valence-corrected chi connectivity index (χ3v) is 5.73. The molecule has 33 heavy (non-hydrogen) atoms. The van der Waals surface area contributed by atoms with Crippen LogP contribution in [0.15, 0.2) is 75.2 Å². The molecule has 3 rings (SSSR count). The lowest BCUT2D eigenvalue weighted by Gasteiger charge is -2.12. The molecule has 166 valence electrons. The third-order valence-electron chi connectivity index (χ3n) is 4.56. The van der Waals surface area contributed by atoms with Crippen molar-refractivity contribution in [1.29, 1.82) is 5.26 Å². The highest BCUT2D eigenvalue weighted by molar-refractivity contribution is 9.11. The fraction of sp³-hybridized carbons (Fsp3) is 0.0800. The zero-order chi connectivity index (χ0) is 24.0. The summed E-state index contributed by atoms with van der Waals surface area (Å²) >= 11 is 6.93. The van der Waals surface area contributed by atoms with Crippen molar-refractivity contribution in [3.63, 3.8) is 0 Å². The molecule has 0 heterocycles. The van der Waals surface area contributed by atoms with Gasteiger partial charge in [-0.2, -0.15) is 5.26 Å². The molecule has 3 aromatic rings. The summed E-state index contributed by atoms with van der Waals surface area (Å²) in [5.41, 5.74) is 3.21. The number of nitrogens with one attached hydrogen (secondary N) is 1. The van der Waals surface area contributed by atoms with Crippen LogP contribution in [-0.4, -0.2) is 17.0 Å². The van der Waals surface area contributed by atoms with Crippen LogP contribution in [0.3, 0.4) is 0 Å². The summed E-state index contributed by atoms with van der Waals surface area (Å²) < 4.78 is 7.12. The Balaban J connectivity index is 1.75. The Hall–Kier alpha value is -3.41. The van der Waals surface area contributed by atoms with E-state index in [0.29, 0.717) is 25.9 Å². The van der Waals surface area contributed by atoms with Crippen molar-refractivity contribution in [3.8, 4) is 11.8 Å². The largest absolute Gasteiger partial charge is 0.487 e. The normalized spacial score (nSPS) is 10.9. The Labute approximate surface area is 207 Å². The number of carbonyl (C=O) groups excluding carboxylic acids is 1. The van der Waals surface area contributed by atoms with Crippen LogP contribution in [-0.2, 0) is 11.4 Å². The summed E-state index contributed by atoms with van der Waals surface area (Å²) in [4.78, 5) is 23.5. The zero-order valence-corrected chi connectivity index (χ0v) is 20.6. The molecule has 2 N–H and O–H groups in total. The van der Waals surface area contributed by atoms with Crippen molar-refractivity contribution in [3.05, 3.63) is 97.4 Å². The highest BCUT2D eigenvalue weighted by Crippen LogP contribution is 2.36. The number of halogens is 2. The van der Waals surface area contributed by atoms with E-state index in [9.17, 15) is 14.9 Å². The molecule has 3 aromatic carbocycles. The summed E-state index contributed by atoms with van der Waals surface area (Å²) in [5.74, 6) is -0.946. The van der Waals surface area contributed by atoms with E-state index in [-0.39, 0.29) is 17.7 Å². The van der Waals surface area contributed by atoms with Crippen molar-refractivity contribution in [2.75, 3.05) is 5.32 Å². The third kappa shape index (κ3) is 6.54. The summed E-state index contributed by atoms with van der Waals surface area (Å²) in [6.45, 7) is 2.15. The van der Waals surface area contributed by atoms with Crippen LogP contribution >= 0.6 is 31.9 Å². The number of amides is 1. The number of hydrogen-bond acceptors (Lipinski definition) is 4. The van der Waals surface area contributed by atoms with Crippen LogP contribution in [0.1, 0.15) is 27.0 Å². The van der Waals surface area contributed by atoms with Gasteiger partial charge in [0.05, 0.1) is 14.5 Å². The molecule has 0 aliphatic rings. The molecule has 0 radical (unpaired) electrons. The van der Waals surface area contributed by atoms with Gasteiger partial charge in [0.1, 0.15) is 24.0 Å². The first-order valence-corrected chi connectivity index (χ1v) is 11.3. The minimum atomic E-state index is -0.985. The van der Waals surface area contributed by atoms with Gasteiger partial charge in [-0.1, -0.05) is 24.3 Å². The van der Waals surface area contributed by atoms with Crippen LogP contribution in [0.4, 0.5) is 5.69 Å². The number of ether oxygens (including phenoxy) is 1. The molecular formula is C25H18Br2N2O4. The first-order valence-electron chi connectivity index (χ1n) is 9.70. The van der Waals surface area contributed by atoms with Gasteiger partial charge in [0.2, 0.25) is 0 Å². The number of carboxylic acid groups (broad SMARTS) is 1. The second-order valence-electron chi connectivity index (χ2n) is 7.10. The van der Waals surface area contributed by atoms with E-state index in [1.807, 2.05) is 31.2 Å². The first kappa shape index (κ1) is 24.2. The quantitative estimate of drug-likeness (QED) is 0.255. The van der Waals surface area contributed by atoms with Crippen LogP contribution in [0.2, 0.25) is 0 Å². The fourth-order valence-electron chi connectivity index (χ4n) is 2.94. The SMILES string of the molecule is Cc1cccc(NC(=O)/C(C#N)=C\c2cc(Br)c(OCc3ccc(C(=O)O)cc3)c(Br)c2)c1. The maximum absolute atomic E-state index is 12.5. The predicted octanol–water partition coefficient (Wildman–Crippen LogP) is 6.34. The fourth-order valence-corrected chi connectivity index (χ4v) is 4.39. The maximum atomic E-state index is 12.5. The van der Waals surface area contributed by atoms with E-state index in [0.717, 1.165) is 11.1 Å². The van der Waals surface area contributed by atoms with Crippen molar-refractivity contribution in [2.45, 2.75) is 13.5 Å². The molecule has 0 fully saturated rings. The zero-order valence-electron chi connectivity index (χ0n) is 17.4. The number of aryl methyl sites for hydroxylation is 1. The lowest BCUT2D eigenvalue weighted by Crippen LogP contribution is -2.13. The van der Waals surface area contributed by atoms with E-state index in [1.165, 1.54) is 18.2 Å². The molecule has 0 spiro atoms. The Morgan fingerprint density at radius 1 is 1.09 bits per heavy atom. The number of anilines is 1. The number of hydrogen-bond donors (Lipinski definition) is 2. The van der Waals surface area contributed by atoms with Crippen LogP contribution in [0.25, 0.3) is 6.08 Å². The second-order valence-corrected chi connectivity index (χ2v) is 8.81. The number of carbonyl (C=O) groups is 2. The van der Waals surface area contributed by atoms with Crippen LogP contribution in [0, 0.1) is 18.3 Å². The van der Waals surface area contributed by atoms with Gasteiger partial charge in [0, 0.05) is 5.69 Å². The van der Waals surface area contributed by atoms with Gasteiger partial charge in [-0.25, -0.2) is 4.79 Å². The number of aromatic carboxylic acids is 1. The predicted molar refractivity (Wildman–Crippen MR) is 133 cm³/mol. The average Bonchev–Trinajstić information content (AvgIpc) is 2.77. The molecule has 1 amide bonds. The topological polar surface area (TPSA) is 99.4 Å². The smallest absolute Gasteiger partial charge is 0.335 e. The number of nitriles is 1. The molecular weight excluding hydrogens is 552 g/mol. The summed E-state index contributed by atoms with van der Waals surface area (Å²) in [6, 6.07) is 19.2. The Morgan fingerprint density at radius 3 is 2.33 bits per heavy atom. The van der Waals surface area contributed by atoms with Gasteiger partial charge in [-0.15, -0.1) is 0 Å². The van der Waals surface area contributed by atoms with Crippen molar-refractivity contribution >= 4 is 55.5 Å². The van der Waals surface area contributed by atoms with Crippen molar-refractivity contribution in [1.82, 2.24) is 0 Å². The van der Waals surface area contributed by atoms with E-state index >= 15 is 0 Å². The maximum Gasteiger partial charge on any atom is 0.335 e. The number of nitrogens with zero attached hydrogens (tertiary/aromatic N) is 1. The summed E-state index contributed by atoms with van der Waals surface area (Å²) in [6.07, 6.45) is 1.50. The van der Waals surface area contributed by atoms with E-state index in [4.69, 9.17) is 9.84 Å². The molecule has 0 saturated heterocycles. The molecule has 0 aliphatic carbocycles. The van der Waals surface area contributed by atoms with Gasteiger partial charge in [0.25, 0.3) is 5.91 Å². The second kappa shape index (κ2) is 10.9. The van der Waals surface area contributed by atoms with Gasteiger partial charge < -0.3 is 15.2 Å². The van der Waals surface area contributed by atoms with E-state index < -0.39 is 11.9 Å². The molecule has 8 heteroatoms. The number of benzene rings is 3. The Morgan fingerprint density at radius 2 is 1.76 bits per heavy atom. The lowest BCUT2D eigenvalue weighted by atomic mass is 10.1. The molecule has 0 saturated carbocycles. The lowest BCUT2D eigenvalue weighted by molar-refractivity contribution is -0.112. The number of carboxylic acids is 1. The molecule has 0 aromatic heterocycles. The first-order chi connectivity index (χ1) is 15.8. The highest BCUT2D eigenvalue weighted by Gasteiger charge is 2.13. The highest BCUT2D eigenvalue weighted by atomic mass is 79.9. The molecule has 0 bridgehead atoms. The monoisotopic (exact) mass is 568 g/mol. The number of rotatable bonds is 7. The summed E-state index contributed by atoms with van der Waals surface area (Å²) in [5, 5.41) is 21.2. The molecule has 0 aliphatic heterocycles.